The standard InChI is InChI=1S/C29H54N2O15/c1-42-16-17(31-21(35)10-4-7-13-44-29-27(41)25(39)23(37)19(15-33)46-29)8-2-5-11-30-20(34)9-3-6-12-43-28-26(40)24(38)22(36)18(14-32)45-28/h17-19,22-29,32-33,36-41H,2-16H2,1H3,(H,30,34)(H,31,35). The van der Waals surface area contributed by atoms with Crippen LogP contribution in [0.25, 0.3) is 0 Å². The second kappa shape index (κ2) is 22.1. The number of amides is 2. The van der Waals surface area contributed by atoms with E-state index in [-0.39, 0.29) is 43.9 Å². The van der Waals surface area contributed by atoms with Gasteiger partial charge in [-0.05, 0) is 44.9 Å². The zero-order chi connectivity index (χ0) is 34.1. The molecule has 11 unspecified atom stereocenters. The molecule has 2 saturated heterocycles. The predicted octanol–water partition coefficient (Wildman–Crippen LogP) is -3.62. The van der Waals surface area contributed by atoms with Crippen molar-refractivity contribution in [2.75, 3.05) is 46.7 Å². The van der Waals surface area contributed by atoms with Gasteiger partial charge in [0.05, 0.1) is 25.9 Å². The number of rotatable bonds is 22. The highest BCUT2D eigenvalue weighted by Gasteiger charge is 2.45. The van der Waals surface area contributed by atoms with Gasteiger partial charge < -0.3 is 75.2 Å². The van der Waals surface area contributed by atoms with E-state index >= 15 is 0 Å². The lowest BCUT2D eigenvalue weighted by Crippen LogP contribution is -2.59. The average Bonchev–Trinajstić information content (AvgIpc) is 3.04. The molecule has 0 bridgehead atoms. The lowest BCUT2D eigenvalue weighted by molar-refractivity contribution is -0.301. The Labute approximate surface area is 268 Å². The maximum atomic E-state index is 12.4. The summed E-state index contributed by atoms with van der Waals surface area (Å²) in [6.07, 6.45) is -8.72. The molecule has 270 valence electrons. The van der Waals surface area contributed by atoms with Crippen LogP contribution in [0.2, 0.25) is 0 Å². The molecular weight excluding hydrogens is 616 g/mol. The van der Waals surface area contributed by atoms with E-state index < -0.39 is 74.6 Å². The second-order valence-electron chi connectivity index (χ2n) is 11.6. The Kier molecular flexibility index (Phi) is 19.5. The lowest BCUT2D eigenvalue weighted by atomic mass is 9.99. The Morgan fingerprint density at radius 3 is 1.65 bits per heavy atom. The molecule has 11 atom stereocenters. The van der Waals surface area contributed by atoms with Gasteiger partial charge >= 0.3 is 0 Å². The van der Waals surface area contributed by atoms with Crippen LogP contribution < -0.4 is 10.6 Å². The largest absolute Gasteiger partial charge is 0.394 e. The van der Waals surface area contributed by atoms with Crippen LogP contribution >= 0.6 is 0 Å². The number of hydrogen-bond donors (Lipinski definition) is 10. The molecule has 0 radical (unpaired) electrons. The number of ether oxygens (including phenoxy) is 5. The minimum absolute atomic E-state index is 0.120. The van der Waals surface area contributed by atoms with Crippen LogP contribution in [0.1, 0.15) is 57.8 Å². The summed E-state index contributed by atoms with van der Waals surface area (Å²) in [5.74, 6) is -0.274. The summed E-state index contributed by atoms with van der Waals surface area (Å²) in [5.41, 5.74) is 0. The van der Waals surface area contributed by atoms with Gasteiger partial charge in [0.15, 0.2) is 12.6 Å². The first-order chi connectivity index (χ1) is 22.0. The molecule has 10 N–H and O–H groups in total. The Morgan fingerprint density at radius 1 is 0.674 bits per heavy atom. The highest BCUT2D eigenvalue weighted by molar-refractivity contribution is 5.76. The van der Waals surface area contributed by atoms with E-state index in [9.17, 15) is 50.4 Å². The molecule has 17 nitrogen and oxygen atoms in total. The van der Waals surface area contributed by atoms with Gasteiger partial charge in [0.25, 0.3) is 0 Å². The van der Waals surface area contributed by atoms with Crippen LogP contribution in [0.3, 0.4) is 0 Å². The van der Waals surface area contributed by atoms with E-state index in [0.29, 0.717) is 51.7 Å². The van der Waals surface area contributed by atoms with Gasteiger partial charge in [0, 0.05) is 39.7 Å². The summed E-state index contributed by atoms with van der Waals surface area (Å²) in [4.78, 5) is 24.5. The van der Waals surface area contributed by atoms with Crippen molar-refractivity contribution < 1.29 is 74.1 Å². The molecule has 0 aromatic carbocycles. The summed E-state index contributed by atoms with van der Waals surface area (Å²) in [5, 5.41) is 83.4. The molecule has 0 aliphatic carbocycles. The third-order valence-electron chi connectivity index (χ3n) is 7.89. The molecule has 2 amide bonds. The van der Waals surface area contributed by atoms with Gasteiger partial charge in [-0.1, -0.05) is 0 Å². The van der Waals surface area contributed by atoms with E-state index in [4.69, 9.17) is 23.7 Å². The fourth-order valence-corrected chi connectivity index (χ4v) is 5.11. The molecule has 46 heavy (non-hydrogen) atoms. The number of carbonyl (C=O) groups excluding carboxylic acids is 2. The Bertz CT molecular complexity index is 853. The van der Waals surface area contributed by atoms with Crippen molar-refractivity contribution in [2.24, 2.45) is 0 Å². The number of aliphatic hydroxyl groups excluding tert-OH is 8. The first-order valence-electron chi connectivity index (χ1n) is 15.9. The summed E-state index contributed by atoms with van der Waals surface area (Å²) in [7, 11) is 1.55. The molecule has 2 rings (SSSR count). The first-order valence-corrected chi connectivity index (χ1v) is 15.9. The maximum Gasteiger partial charge on any atom is 0.220 e. The molecule has 2 aliphatic heterocycles. The van der Waals surface area contributed by atoms with Crippen molar-refractivity contribution in [1.29, 1.82) is 0 Å². The fraction of sp³-hybridized carbons (Fsp3) is 0.931. The van der Waals surface area contributed by atoms with E-state index in [1.807, 2.05) is 0 Å². The predicted molar refractivity (Wildman–Crippen MR) is 158 cm³/mol. The number of carbonyl (C=O) groups is 2. The van der Waals surface area contributed by atoms with Gasteiger partial charge in [-0.3, -0.25) is 9.59 Å². The van der Waals surface area contributed by atoms with E-state index in [1.165, 1.54) is 0 Å². The van der Waals surface area contributed by atoms with E-state index in [1.54, 1.807) is 7.11 Å². The number of unbranched alkanes of at least 4 members (excludes halogenated alkanes) is 3. The molecular formula is C29H54N2O15. The van der Waals surface area contributed by atoms with Crippen molar-refractivity contribution in [3.05, 3.63) is 0 Å². The van der Waals surface area contributed by atoms with E-state index in [0.717, 1.165) is 6.42 Å². The van der Waals surface area contributed by atoms with Crippen molar-refractivity contribution in [3.63, 3.8) is 0 Å². The van der Waals surface area contributed by atoms with Gasteiger partial charge in [0.1, 0.15) is 48.8 Å². The topological polar surface area (TPSA) is 266 Å². The van der Waals surface area contributed by atoms with Crippen molar-refractivity contribution >= 4 is 11.8 Å². The molecule has 0 aromatic heterocycles. The SMILES string of the molecule is COCC(CCCCNC(=O)CCCCOC1OC(CO)C(O)C(O)C1O)NC(=O)CCCCOC1OC(CO)C(O)C(O)C1O. The molecule has 0 aromatic rings. The molecule has 2 aliphatic rings. The van der Waals surface area contributed by atoms with Gasteiger partial charge in [-0.2, -0.15) is 0 Å². The van der Waals surface area contributed by atoms with Gasteiger partial charge in [-0.25, -0.2) is 0 Å². The average molecular weight is 671 g/mol. The van der Waals surface area contributed by atoms with Crippen LogP contribution in [0.15, 0.2) is 0 Å². The maximum absolute atomic E-state index is 12.4. The van der Waals surface area contributed by atoms with E-state index in [2.05, 4.69) is 10.6 Å². The number of hydrogen-bond acceptors (Lipinski definition) is 15. The monoisotopic (exact) mass is 670 g/mol. The van der Waals surface area contributed by atoms with Crippen LogP contribution in [0, 0.1) is 0 Å². The van der Waals surface area contributed by atoms with Crippen molar-refractivity contribution in [2.45, 2.75) is 125 Å². The second-order valence-corrected chi connectivity index (χ2v) is 11.6. The molecule has 2 heterocycles. The number of methoxy groups -OCH3 is 1. The first kappa shape index (κ1) is 40.6. The number of nitrogens with one attached hydrogen (secondary N) is 2. The smallest absolute Gasteiger partial charge is 0.220 e. The fourth-order valence-electron chi connectivity index (χ4n) is 5.11. The van der Waals surface area contributed by atoms with Crippen LogP contribution in [0.4, 0.5) is 0 Å². The Balaban J connectivity index is 1.51. The van der Waals surface area contributed by atoms with Gasteiger partial charge in [-0.15, -0.1) is 0 Å². The quantitative estimate of drug-likeness (QED) is 0.0498. The zero-order valence-electron chi connectivity index (χ0n) is 26.4. The van der Waals surface area contributed by atoms with Crippen LogP contribution in [0.5, 0.6) is 0 Å². The normalized spacial score (nSPS) is 32.2. The van der Waals surface area contributed by atoms with Crippen molar-refractivity contribution in [1.82, 2.24) is 10.6 Å². The molecule has 17 heteroatoms. The molecule has 0 saturated carbocycles. The molecule has 0 spiro atoms. The lowest BCUT2D eigenvalue weighted by Gasteiger charge is -2.39. The third kappa shape index (κ3) is 13.5. The minimum atomic E-state index is -1.51. The van der Waals surface area contributed by atoms with Crippen LogP contribution in [-0.4, -0.2) is 167 Å². The highest BCUT2D eigenvalue weighted by Crippen LogP contribution is 2.23. The summed E-state index contributed by atoms with van der Waals surface area (Å²) in [6, 6.07) is -0.192. The van der Waals surface area contributed by atoms with Crippen molar-refractivity contribution in [3.8, 4) is 0 Å². The molecule has 2 fully saturated rings. The Hall–Kier alpha value is -1.58. The third-order valence-corrected chi connectivity index (χ3v) is 7.89. The van der Waals surface area contributed by atoms with Gasteiger partial charge in [0.2, 0.25) is 11.8 Å². The summed E-state index contributed by atoms with van der Waals surface area (Å²) >= 11 is 0. The highest BCUT2D eigenvalue weighted by atomic mass is 16.7. The minimum Gasteiger partial charge on any atom is -0.394 e. The summed E-state index contributed by atoms with van der Waals surface area (Å²) in [6.45, 7) is 0.0217. The zero-order valence-corrected chi connectivity index (χ0v) is 26.4. The summed E-state index contributed by atoms with van der Waals surface area (Å²) < 4.78 is 26.6. The van der Waals surface area contributed by atoms with Crippen LogP contribution in [-0.2, 0) is 33.3 Å². The number of aliphatic hydroxyl groups is 8. The Morgan fingerprint density at radius 2 is 1.17 bits per heavy atom.